The van der Waals surface area contributed by atoms with E-state index in [-0.39, 0.29) is 16.1 Å². The molecule has 0 aromatic heterocycles. The van der Waals surface area contributed by atoms with Gasteiger partial charge in [0.25, 0.3) is 0 Å². The fourth-order valence-corrected chi connectivity index (χ4v) is 1.50. The summed E-state index contributed by atoms with van der Waals surface area (Å²) in [6.07, 6.45) is -4.45. The van der Waals surface area contributed by atoms with E-state index in [1.807, 2.05) is 0 Å². The fourth-order valence-electron chi connectivity index (χ4n) is 1.04. The molecule has 0 radical (unpaired) electrons. The Balaban J connectivity index is 2.83. The van der Waals surface area contributed by atoms with Crippen molar-refractivity contribution in [2.75, 3.05) is 5.32 Å². The highest BCUT2D eigenvalue weighted by molar-refractivity contribution is 9.10. The second-order valence-electron chi connectivity index (χ2n) is 3.09. The van der Waals surface area contributed by atoms with Crippen LogP contribution in [-0.4, -0.2) is 12.3 Å². The van der Waals surface area contributed by atoms with Crippen LogP contribution in [0.4, 0.5) is 18.9 Å². The van der Waals surface area contributed by atoms with Crippen molar-refractivity contribution in [2.45, 2.75) is 19.7 Å². The lowest BCUT2D eigenvalue weighted by Gasteiger charge is -2.11. The van der Waals surface area contributed by atoms with Crippen molar-refractivity contribution < 1.29 is 22.7 Å². The Hall–Kier alpha value is -1.24. The standard InChI is InChI=1S/C10H9BrF3NO2/c1-2-9(16)15-6-3-4-8(7(11)5-6)17-10(12,13)14/h3-5H,2H2,1H3,(H,15,16). The third-order valence-electron chi connectivity index (χ3n) is 1.76. The largest absolute Gasteiger partial charge is 0.573 e. The van der Waals surface area contributed by atoms with Gasteiger partial charge in [-0.1, -0.05) is 6.92 Å². The number of anilines is 1. The molecule has 94 valence electrons. The summed E-state index contributed by atoms with van der Waals surface area (Å²) in [4.78, 5) is 11.1. The van der Waals surface area contributed by atoms with Crippen LogP contribution < -0.4 is 10.1 Å². The van der Waals surface area contributed by atoms with E-state index < -0.39 is 6.36 Å². The van der Waals surface area contributed by atoms with Gasteiger partial charge in [0.2, 0.25) is 5.91 Å². The molecule has 0 saturated heterocycles. The molecule has 1 aromatic rings. The van der Waals surface area contributed by atoms with E-state index in [4.69, 9.17) is 0 Å². The number of carbonyl (C=O) groups excluding carboxylic acids is 1. The van der Waals surface area contributed by atoms with Crippen molar-refractivity contribution in [3.8, 4) is 5.75 Å². The van der Waals surface area contributed by atoms with Gasteiger partial charge in [0.05, 0.1) is 4.47 Å². The highest BCUT2D eigenvalue weighted by atomic mass is 79.9. The number of alkyl halides is 3. The van der Waals surface area contributed by atoms with Crippen molar-refractivity contribution >= 4 is 27.5 Å². The second kappa shape index (κ2) is 5.39. The Morgan fingerprint density at radius 3 is 2.59 bits per heavy atom. The maximum atomic E-state index is 12.0. The highest BCUT2D eigenvalue weighted by Crippen LogP contribution is 2.32. The number of halogens is 4. The summed E-state index contributed by atoms with van der Waals surface area (Å²) in [5, 5.41) is 2.52. The molecule has 1 rings (SSSR count). The second-order valence-corrected chi connectivity index (χ2v) is 3.95. The summed E-state index contributed by atoms with van der Waals surface area (Å²) in [6.45, 7) is 1.67. The van der Waals surface area contributed by atoms with E-state index in [9.17, 15) is 18.0 Å². The number of carbonyl (C=O) groups is 1. The first-order valence-corrected chi connectivity index (χ1v) is 5.46. The molecule has 0 spiro atoms. The van der Waals surface area contributed by atoms with Crippen LogP contribution in [0, 0.1) is 0 Å². The Bertz CT molecular complexity index is 421. The molecule has 1 aromatic carbocycles. The minimum Gasteiger partial charge on any atom is -0.405 e. The average Bonchev–Trinajstić information content (AvgIpc) is 2.20. The van der Waals surface area contributed by atoms with Crippen LogP contribution in [0.15, 0.2) is 22.7 Å². The SMILES string of the molecule is CCC(=O)Nc1ccc(OC(F)(F)F)c(Br)c1. The van der Waals surface area contributed by atoms with Crippen LogP contribution in [0.3, 0.4) is 0 Å². The summed E-state index contributed by atoms with van der Waals surface area (Å²) in [6, 6.07) is 3.80. The van der Waals surface area contributed by atoms with Crippen molar-refractivity contribution in [3.63, 3.8) is 0 Å². The van der Waals surface area contributed by atoms with Crippen LogP contribution in [0.5, 0.6) is 5.75 Å². The minimum absolute atomic E-state index is 0.115. The zero-order valence-corrected chi connectivity index (χ0v) is 10.4. The van der Waals surface area contributed by atoms with Gasteiger partial charge in [0, 0.05) is 12.1 Å². The van der Waals surface area contributed by atoms with Crippen LogP contribution >= 0.6 is 15.9 Å². The number of amides is 1. The zero-order chi connectivity index (χ0) is 13.1. The van der Waals surface area contributed by atoms with Crippen LogP contribution in [0.1, 0.15) is 13.3 Å². The molecule has 7 heteroatoms. The lowest BCUT2D eigenvalue weighted by molar-refractivity contribution is -0.274. The van der Waals surface area contributed by atoms with Crippen molar-refractivity contribution in [1.29, 1.82) is 0 Å². The molecule has 17 heavy (non-hydrogen) atoms. The Morgan fingerprint density at radius 2 is 2.12 bits per heavy atom. The Morgan fingerprint density at radius 1 is 1.47 bits per heavy atom. The number of nitrogens with one attached hydrogen (secondary N) is 1. The number of hydrogen-bond acceptors (Lipinski definition) is 2. The van der Waals surface area contributed by atoms with Gasteiger partial charge >= 0.3 is 6.36 Å². The molecule has 0 aliphatic rings. The van der Waals surface area contributed by atoms with E-state index in [1.165, 1.54) is 12.1 Å². The summed E-state index contributed by atoms with van der Waals surface area (Å²) in [5.74, 6) is -0.576. The van der Waals surface area contributed by atoms with E-state index in [2.05, 4.69) is 26.0 Å². The Kier molecular flexibility index (Phi) is 4.39. The predicted octanol–water partition coefficient (Wildman–Crippen LogP) is 3.70. The molecule has 0 aliphatic heterocycles. The molecule has 0 bridgehead atoms. The molecular formula is C10H9BrF3NO2. The first kappa shape index (κ1) is 13.8. The number of benzene rings is 1. The van der Waals surface area contributed by atoms with E-state index >= 15 is 0 Å². The van der Waals surface area contributed by atoms with Gasteiger partial charge in [-0.25, -0.2) is 0 Å². The monoisotopic (exact) mass is 311 g/mol. The fraction of sp³-hybridized carbons (Fsp3) is 0.300. The maximum Gasteiger partial charge on any atom is 0.573 e. The molecule has 1 amide bonds. The summed E-state index contributed by atoms with van der Waals surface area (Å²) < 4.78 is 39.8. The quantitative estimate of drug-likeness (QED) is 0.924. The number of hydrogen-bond donors (Lipinski definition) is 1. The molecule has 0 aliphatic carbocycles. The number of rotatable bonds is 3. The van der Waals surface area contributed by atoms with E-state index in [0.29, 0.717) is 12.1 Å². The highest BCUT2D eigenvalue weighted by Gasteiger charge is 2.31. The van der Waals surface area contributed by atoms with Gasteiger partial charge < -0.3 is 10.1 Å². The number of ether oxygens (including phenoxy) is 1. The molecule has 0 heterocycles. The lowest BCUT2D eigenvalue weighted by Crippen LogP contribution is -2.17. The van der Waals surface area contributed by atoms with Gasteiger partial charge in [-0.15, -0.1) is 13.2 Å². The third kappa shape index (κ3) is 4.64. The molecule has 0 saturated carbocycles. The lowest BCUT2D eigenvalue weighted by atomic mass is 10.3. The van der Waals surface area contributed by atoms with Crippen LogP contribution in [-0.2, 0) is 4.79 Å². The maximum absolute atomic E-state index is 12.0. The summed E-state index contributed by atoms with van der Waals surface area (Å²) in [7, 11) is 0. The first-order valence-electron chi connectivity index (χ1n) is 4.67. The van der Waals surface area contributed by atoms with E-state index in [0.717, 1.165) is 6.07 Å². The molecule has 0 unspecified atom stereocenters. The van der Waals surface area contributed by atoms with Gasteiger partial charge in [0.15, 0.2) is 0 Å². The van der Waals surface area contributed by atoms with Gasteiger partial charge in [-0.2, -0.15) is 0 Å². The normalized spacial score (nSPS) is 11.1. The van der Waals surface area contributed by atoms with Crippen LogP contribution in [0.25, 0.3) is 0 Å². The summed E-state index contributed by atoms with van der Waals surface area (Å²) in [5.41, 5.74) is 0.401. The summed E-state index contributed by atoms with van der Waals surface area (Å²) >= 11 is 2.94. The molecule has 3 nitrogen and oxygen atoms in total. The minimum atomic E-state index is -4.74. The first-order chi connectivity index (χ1) is 7.81. The van der Waals surface area contributed by atoms with Crippen molar-refractivity contribution in [3.05, 3.63) is 22.7 Å². The Labute approximate surface area is 104 Å². The van der Waals surface area contributed by atoms with Crippen LogP contribution in [0.2, 0.25) is 0 Å². The van der Waals surface area contributed by atoms with Gasteiger partial charge in [0.1, 0.15) is 5.75 Å². The zero-order valence-electron chi connectivity index (χ0n) is 8.77. The molecule has 1 N–H and O–H groups in total. The smallest absolute Gasteiger partial charge is 0.405 e. The third-order valence-corrected chi connectivity index (χ3v) is 2.38. The van der Waals surface area contributed by atoms with Gasteiger partial charge in [-0.3, -0.25) is 4.79 Å². The van der Waals surface area contributed by atoms with Crippen molar-refractivity contribution in [1.82, 2.24) is 0 Å². The average molecular weight is 312 g/mol. The van der Waals surface area contributed by atoms with Crippen molar-refractivity contribution in [2.24, 2.45) is 0 Å². The topological polar surface area (TPSA) is 38.3 Å². The van der Waals surface area contributed by atoms with Gasteiger partial charge in [-0.05, 0) is 34.1 Å². The van der Waals surface area contributed by atoms with E-state index in [1.54, 1.807) is 6.92 Å². The molecule has 0 atom stereocenters. The molecular weight excluding hydrogens is 303 g/mol. The predicted molar refractivity (Wildman–Crippen MR) is 59.7 cm³/mol. The molecule has 0 fully saturated rings.